The summed E-state index contributed by atoms with van der Waals surface area (Å²) in [6.45, 7) is 11.9. The fourth-order valence-electron chi connectivity index (χ4n) is 0.882. The lowest BCUT2D eigenvalue weighted by Crippen LogP contribution is -2.15. The van der Waals surface area contributed by atoms with Gasteiger partial charge >= 0.3 is 0 Å². The molecule has 0 aliphatic heterocycles. The van der Waals surface area contributed by atoms with Gasteiger partial charge in [0.15, 0.2) is 0 Å². The van der Waals surface area contributed by atoms with E-state index in [9.17, 15) is 4.79 Å². The Morgan fingerprint density at radius 2 is 1.80 bits per heavy atom. The molecule has 0 aromatic rings. The number of primary amides is 1. The number of carbonyl (C=O) groups is 1. The topological polar surface area (TPSA) is 52.3 Å². The second-order valence-corrected chi connectivity index (χ2v) is 4.54. The molecule has 3 nitrogen and oxygen atoms in total. The Kier molecular flexibility index (Phi) is 11.2. The number of ether oxygens (including phenoxy) is 1. The summed E-state index contributed by atoms with van der Waals surface area (Å²) in [5.41, 5.74) is 5.22. The third-order valence-electron chi connectivity index (χ3n) is 1.50. The van der Waals surface area contributed by atoms with Crippen LogP contribution in [-0.2, 0) is 9.53 Å². The highest BCUT2D eigenvalue weighted by Gasteiger charge is 2.09. The van der Waals surface area contributed by atoms with Crippen molar-refractivity contribution in [2.75, 3.05) is 13.2 Å². The maximum atomic E-state index is 10.4. The molecule has 0 aliphatic rings. The Morgan fingerprint density at radius 3 is 2.20 bits per heavy atom. The van der Waals surface area contributed by atoms with E-state index < -0.39 is 0 Å². The van der Waals surface area contributed by atoms with Crippen molar-refractivity contribution in [1.82, 2.24) is 0 Å². The van der Waals surface area contributed by atoms with Crippen molar-refractivity contribution in [2.45, 2.75) is 53.9 Å². The minimum absolute atomic E-state index is 0. The number of hydrogen-bond acceptors (Lipinski definition) is 2. The molecule has 0 atom stereocenters. The number of nitrogens with two attached hydrogens (primary N) is 1. The molecule has 0 aromatic heterocycles. The van der Waals surface area contributed by atoms with Crippen LogP contribution >= 0.6 is 0 Å². The van der Waals surface area contributed by atoms with Gasteiger partial charge in [-0.1, -0.05) is 34.6 Å². The van der Waals surface area contributed by atoms with Crippen LogP contribution < -0.4 is 5.73 Å². The van der Waals surface area contributed by atoms with Gasteiger partial charge in [-0.15, -0.1) is 0 Å². The molecule has 0 aromatic carbocycles. The molecule has 0 bridgehead atoms. The molecule has 0 radical (unpaired) electrons. The molecule has 0 spiro atoms. The van der Waals surface area contributed by atoms with E-state index in [0.29, 0.717) is 6.42 Å². The summed E-state index contributed by atoms with van der Waals surface area (Å²) in [4.78, 5) is 10.4. The average molecular weight is 219 g/mol. The minimum atomic E-state index is -0.226. The van der Waals surface area contributed by atoms with Crippen molar-refractivity contribution in [3.05, 3.63) is 0 Å². The average Bonchev–Trinajstić information content (AvgIpc) is 2.12. The summed E-state index contributed by atoms with van der Waals surface area (Å²) in [5.74, 6) is -0.226. The fourth-order valence-corrected chi connectivity index (χ4v) is 0.882. The predicted octanol–water partition coefficient (Wildman–Crippen LogP) is 2.98. The van der Waals surface area contributed by atoms with Crippen LogP contribution in [0.4, 0.5) is 0 Å². The number of amides is 1. The normalized spacial score (nSPS) is 10.5. The highest BCUT2D eigenvalue weighted by atomic mass is 16.5. The molecule has 0 aliphatic carbocycles. The number of rotatable bonds is 6. The van der Waals surface area contributed by atoms with Crippen LogP contribution in [0.5, 0.6) is 0 Å². The van der Waals surface area contributed by atoms with Crippen LogP contribution in [0.1, 0.15) is 55.3 Å². The minimum Gasteiger partial charge on any atom is -0.381 e. The van der Waals surface area contributed by atoms with Crippen molar-refractivity contribution >= 4 is 5.91 Å². The van der Waals surface area contributed by atoms with Crippen molar-refractivity contribution in [1.29, 1.82) is 0 Å². The number of unbranched alkanes of at least 4 members (excludes halogenated alkanes) is 1. The van der Waals surface area contributed by atoms with Gasteiger partial charge in [0.25, 0.3) is 0 Å². The van der Waals surface area contributed by atoms with Crippen LogP contribution in [0, 0.1) is 5.41 Å². The Labute approximate surface area is 95.9 Å². The van der Waals surface area contributed by atoms with Gasteiger partial charge in [0.05, 0.1) is 6.61 Å². The zero-order valence-electron chi connectivity index (χ0n) is 10.9. The Balaban J connectivity index is -0.000000529. The van der Waals surface area contributed by atoms with E-state index in [4.69, 9.17) is 10.5 Å². The van der Waals surface area contributed by atoms with E-state index >= 15 is 0 Å². The van der Waals surface area contributed by atoms with Crippen LogP contribution in [0.3, 0.4) is 0 Å². The van der Waals surface area contributed by atoms with Crippen molar-refractivity contribution < 1.29 is 11.0 Å². The van der Waals surface area contributed by atoms with E-state index in [0.717, 1.165) is 26.1 Å². The monoisotopic (exact) mass is 219 g/mol. The lowest BCUT2D eigenvalue weighted by Gasteiger charge is -2.17. The second-order valence-electron chi connectivity index (χ2n) is 4.54. The first kappa shape index (κ1) is 16.8. The van der Waals surface area contributed by atoms with Gasteiger partial charge in [0, 0.05) is 14.5 Å². The molecular formula is C12H29NO2. The summed E-state index contributed by atoms with van der Waals surface area (Å²) in [7, 11) is 0. The van der Waals surface area contributed by atoms with Crippen LogP contribution in [-0.4, -0.2) is 19.1 Å². The second kappa shape index (κ2) is 9.97. The fraction of sp³-hybridized carbons (Fsp3) is 0.917. The third-order valence-corrected chi connectivity index (χ3v) is 1.50. The summed E-state index contributed by atoms with van der Waals surface area (Å²) < 4.78 is 5.43. The van der Waals surface area contributed by atoms with Crippen molar-refractivity contribution in [2.24, 2.45) is 11.1 Å². The Morgan fingerprint density at radius 1 is 1.27 bits per heavy atom. The molecule has 2 N–H and O–H groups in total. The van der Waals surface area contributed by atoms with Gasteiger partial charge in [-0.05, 0) is 18.3 Å². The molecule has 0 fully saturated rings. The lowest BCUT2D eigenvalue weighted by atomic mass is 9.99. The Hall–Kier alpha value is -0.570. The molecule has 15 heavy (non-hydrogen) atoms. The highest BCUT2D eigenvalue weighted by Crippen LogP contribution is 2.12. The smallest absolute Gasteiger partial charge is 0.217 e. The SMILES string of the molecule is CC.CC(C)(C)COCCCCC(N)=O.[HH]. The first-order chi connectivity index (χ1) is 6.92. The largest absolute Gasteiger partial charge is 0.381 e. The maximum Gasteiger partial charge on any atom is 0.217 e. The van der Waals surface area contributed by atoms with Gasteiger partial charge in [0.2, 0.25) is 5.91 Å². The zero-order chi connectivity index (χ0) is 12.3. The lowest BCUT2D eigenvalue weighted by molar-refractivity contribution is -0.118. The molecule has 0 saturated heterocycles. The van der Waals surface area contributed by atoms with Gasteiger partial charge in [-0.3, -0.25) is 4.79 Å². The molecule has 3 heteroatoms. The summed E-state index contributed by atoms with van der Waals surface area (Å²) in [5, 5.41) is 0. The van der Waals surface area contributed by atoms with E-state index in [1.54, 1.807) is 0 Å². The van der Waals surface area contributed by atoms with Gasteiger partial charge in [-0.25, -0.2) is 0 Å². The number of hydrogen-bond donors (Lipinski definition) is 1. The quantitative estimate of drug-likeness (QED) is 0.698. The van der Waals surface area contributed by atoms with Crippen LogP contribution in [0.25, 0.3) is 0 Å². The summed E-state index contributed by atoms with van der Waals surface area (Å²) in [6, 6.07) is 0. The van der Waals surface area contributed by atoms with Crippen molar-refractivity contribution in [3.8, 4) is 0 Å². The third kappa shape index (κ3) is 19.7. The van der Waals surface area contributed by atoms with E-state index in [1.165, 1.54) is 0 Å². The number of carbonyl (C=O) groups excluding carboxylic acids is 1. The molecule has 94 valence electrons. The van der Waals surface area contributed by atoms with E-state index in [2.05, 4.69) is 20.8 Å². The van der Waals surface area contributed by atoms with Gasteiger partial charge < -0.3 is 10.5 Å². The molecule has 1 amide bonds. The highest BCUT2D eigenvalue weighted by molar-refractivity contribution is 5.73. The zero-order valence-corrected chi connectivity index (χ0v) is 10.9. The Bertz CT molecular complexity index is 156. The molecular weight excluding hydrogens is 190 g/mol. The van der Waals surface area contributed by atoms with Crippen molar-refractivity contribution in [3.63, 3.8) is 0 Å². The molecule has 0 heterocycles. The first-order valence-electron chi connectivity index (χ1n) is 5.78. The van der Waals surface area contributed by atoms with Crippen LogP contribution in [0.2, 0.25) is 0 Å². The first-order valence-corrected chi connectivity index (χ1v) is 5.78. The van der Waals surface area contributed by atoms with E-state index in [-0.39, 0.29) is 12.7 Å². The molecule has 0 rings (SSSR count). The maximum absolute atomic E-state index is 10.4. The van der Waals surface area contributed by atoms with E-state index in [1.807, 2.05) is 13.8 Å². The summed E-state index contributed by atoms with van der Waals surface area (Å²) in [6.07, 6.45) is 2.22. The summed E-state index contributed by atoms with van der Waals surface area (Å²) >= 11 is 0. The standard InChI is InChI=1S/C10H21NO2.C2H6.H2/c1-10(2,3)8-13-7-5-4-6-9(11)12;1-2;/h4-8H2,1-3H3,(H2,11,12);1-2H3;1H. The predicted molar refractivity (Wildman–Crippen MR) is 66.8 cm³/mol. The van der Waals surface area contributed by atoms with Crippen LogP contribution in [0.15, 0.2) is 0 Å². The van der Waals surface area contributed by atoms with Gasteiger partial charge in [-0.2, -0.15) is 0 Å². The molecule has 0 unspecified atom stereocenters. The van der Waals surface area contributed by atoms with Gasteiger partial charge in [0.1, 0.15) is 0 Å². The molecule has 0 saturated carbocycles.